The highest BCUT2D eigenvalue weighted by molar-refractivity contribution is 14.1. The molecular weight excluding hydrogens is 459 g/mol. The minimum atomic E-state index is -0.543. The number of ether oxygens (including phenoxy) is 2. The third-order valence-corrected chi connectivity index (χ3v) is 4.69. The zero-order valence-corrected chi connectivity index (χ0v) is 16.5. The van der Waals surface area contributed by atoms with Crippen LogP contribution in [0.3, 0.4) is 0 Å². The predicted octanol–water partition coefficient (Wildman–Crippen LogP) is 3.10. The molecule has 2 rings (SSSR count). The summed E-state index contributed by atoms with van der Waals surface area (Å²) >= 11 is 8.06. The number of amides is 2. The van der Waals surface area contributed by atoms with Crippen LogP contribution in [-0.2, 0) is 4.79 Å². The lowest BCUT2D eigenvalue weighted by atomic mass is 10.2. The van der Waals surface area contributed by atoms with Gasteiger partial charge in [-0.2, -0.15) is 0 Å². The number of aryl methyl sites for hydroxylation is 1. The van der Waals surface area contributed by atoms with Crippen molar-refractivity contribution in [3.8, 4) is 11.5 Å². The fourth-order valence-corrected chi connectivity index (χ4v) is 2.56. The standard InChI is InChI=1S/C17H16ClIN2O4/c1-10-4-3-5-11(6-10)25-9-16(22)20-21-17(23)12-7-13(18)14(19)8-15(12)24-2/h3-8H,9H2,1-2H3,(H,20,22)(H,21,23). The van der Waals surface area contributed by atoms with Crippen LogP contribution in [0, 0.1) is 10.5 Å². The van der Waals surface area contributed by atoms with Gasteiger partial charge in [-0.1, -0.05) is 23.7 Å². The van der Waals surface area contributed by atoms with E-state index < -0.39 is 11.8 Å². The molecule has 2 N–H and O–H groups in total. The number of hydrogen-bond donors (Lipinski definition) is 2. The zero-order chi connectivity index (χ0) is 18.4. The summed E-state index contributed by atoms with van der Waals surface area (Å²) < 4.78 is 11.3. The third kappa shape index (κ3) is 5.50. The minimum Gasteiger partial charge on any atom is -0.496 e. The Hall–Kier alpha value is -2.00. The lowest BCUT2D eigenvalue weighted by Crippen LogP contribution is -2.43. The first-order chi connectivity index (χ1) is 11.9. The molecule has 0 fully saturated rings. The highest BCUT2D eigenvalue weighted by atomic mass is 127. The number of carbonyl (C=O) groups excluding carboxylic acids is 2. The molecule has 0 heterocycles. The topological polar surface area (TPSA) is 76.7 Å². The van der Waals surface area contributed by atoms with Crippen molar-refractivity contribution in [2.24, 2.45) is 0 Å². The van der Waals surface area contributed by atoms with Crippen LogP contribution >= 0.6 is 34.2 Å². The van der Waals surface area contributed by atoms with Gasteiger partial charge in [-0.25, -0.2) is 0 Å². The first-order valence-corrected chi connectivity index (χ1v) is 8.68. The molecule has 0 atom stereocenters. The highest BCUT2D eigenvalue weighted by Gasteiger charge is 2.16. The molecule has 2 amide bonds. The molecule has 2 aromatic rings. The molecule has 0 spiro atoms. The Morgan fingerprint density at radius 1 is 1.20 bits per heavy atom. The van der Waals surface area contributed by atoms with Crippen molar-refractivity contribution in [2.45, 2.75) is 6.92 Å². The molecule has 0 aliphatic heterocycles. The molecule has 2 aromatic carbocycles. The number of benzene rings is 2. The molecule has 132 valence electrons. The number of rotatable bonds is 5. The average Bonchev–Trinajstić information content (AvgIpc) is 2.59. The number of halogens is 2. The van der Waals surface area contributed by atoms with Gasteiger partial charge in [0, 0.05) is 3.57 Å². The Kier molecular flexibility index (Phi) is 6.89. The highest BCUT2D eigenvalue weighted by Crippen LogP contribution is 2.28. The van der Waals surface area contributed by atoms with Crippen molar-refractivity contribution >= 4 is 46.0 Å². The second-order valence-corrected chi connectivity index (χ2v) is 6.64. The van der Waals surface area contributed by atoms with Gasteiger partial charge in [0.2, 0.25) is 0 Å². The summed E-state index contributed by atoms with van der Waals surface area (Å²) in [7, 11) is 1.45. The van der Waals surface area contributed by atoms with E-state index in [0.717, 1.165) is 9.13 Å². The molecule has 0 saturated carbocycles. The molecule has 0 aliphatic carbocycles. The van der Waals surface area contributed by atoms with Crippen LogP contribution in [0.4, 0.5) is 0 Å². The van der Waals surface area contributed by atoms with E-state index in [0.29, 0.717) is 16.5 Å². The molecule has 0 radical (unpaired) electrons. The van der Waals surface area contributed by atoms with Crippen LogP contribution in [0.15, 0.2) is 36.4 Å². The van der Waals surface area contributed by atoms with Gasteiger partial charge in [-0.15, -0.1) is 0 Å². The zero-order valence-electron chi connectivity index (χ0n) is 13.6. The van der Waals surface area contributed by atoms with Crippen LogP contribution in [-0.4, -0.2) is 25.5 Å². The second kappa shape index (κ2) is 8.91. The number of carbonyl (C=O) groups is 2. The first kappa shape index (κ1) is 19.3. The summed E-state index contributed by atoms with van der Waals surface area (Å²) in [6.45, 7) is 1.70. The van der Waals surface area contributed by atoms with Crippen molar-refractivity contribution in [1.82, 2.24) is 10.9 Å². The number of nitrogens with one attached hydrogen (secondary N) is 2. The SMILES string of the molecule is COc1cc(I)c(Cl)cc1C(=O)NNC(=O)COc1cccc(C)c1. The minimum absolute atomic E-state index is 0.216. The maximum Gasteiger partial charge on any atom is 0.276 e. The average molecular weight is 475 g/mol. The van der Waals surface area contributed by atoms with Gasteiger partial charge in [-0.3, -0.25) is 20.4 Å². The normalized spacial score (nSPS) is 10.1. The lowest BCUT2D eigenvalue weighted by molar-refractivity contribution is -0.123. The Morgan fingerprint density at radius 2 is 1.96 bits per heavy atom. The summed E-state index contributed by atoms with van der Waals surface area (Å²) in [5, 5.41) is 0.417. The lowest BCUT2D eigenvalue weighted by Gasteiger charge is -2.12. The van der Waals surface area contributed by atoms with Gasteiger partial charge >= 0.3 is 0 Å². The maximum atomic E-state index is 12.2. The molecule has 25 heavy (non-hydrogen) atoms. The van der Waals surface area contributed by atoms with Crippen LogP contribution in [0.2, 0.25) is 5.02 Å². The van der Waals surface area contributed by atoms with Gasteiger partial charge in [0.1, 0.15) is 11.5 Å². The van der Waals surface area contributed by atoms with Crippen molar-refractivity contribution in [3.63, 3.8) is 0 Å². The van der Waals surface area contributed by atoms with Crippen LogP contribution in [0.25, 0.3) is 0 Å². The summed E-state index contributed by atoms with van der Waals surface area (Å²) in [5.74, 6) is -0.103. The number of methoxy groups -OCH3 is 1. The molecule has 0 bridgehead atoms. The Balaban J connectivity index is 1.91. The van der Waals surface area contributed by atoms with Crippen molar-refractivity contribution in [3.05, 3.63) is 56.1 Å². The van der Waals surface area contributed by atoms with Crippen LogP contribution < -0.4 is 20.3 Å². The Morgan fingerprint density at radius 3 is 2.64 bits per heavy atom. The van der Waals surface area contributed by atoms with E-state index in [9.17, 15) is 9.59 Å². The van der Waals surface area contributed by atoms with Crippen molar-refractivity contribution < 1.29 is 19.1 Å². The summed E-state index contributed by atoms with van der Waals surface area (Å²) in [6.07, 6.45) is 0. The molecule has 8 heteroatoms. The molecule has 0 unspecified atom stereocenters. The Bertz CT molecular complexity index is 798. The van der Waals surface area contributed by atoms with Crippen molar-refractivity contribution in [2.75, 3.05) is 13.7 Å². The van der Waals surface area contributed by atoms with E-state index in [4.69, 9.17) is 21.1 Å². The number of hydrazine groups is 1. The smallest absolute Gasteiger partial charge is 0.276 e. The monoisotopic (exact) mass is 474 g/mol. The van der Waals surface area contributed by atoms with Crippen LogP contribution in [0.5, 0.6) is 11.5 Å². The van der Waals surface area contributed by atoms with E-state index in [-0.39, 0.29) is 12.2 Å². The van der Waals surface area contributed by atoms with Gasteiger partial charge in [0.15, 0.2) is 6.61 Å². The molecule has 6 nitrogen and oxygen atoms in total. The maximum absolute atomic E-state index is 12.2. The van der Waals surface area contributed by atoms with E-state index >= 15 is 0 Å². The van der Waals surface area contributed by atoms with E-state index in [1.165, 1.54) is 13.2 Å². The van der Waals surface area contributed by atoms with Gasteiger partial charge in [0.05, 0.1) is 17.7 Å². The largest absolute Gasteiger partial charge is 0.496 e. The second-order valence-electron chi connectivity index (χ2n) is 5.07. The van der Waals surface area contributed by atoms with E-state index in [1.807, 2.05) is 47.7 Å². The first-order valence-electron chi connectivity index (χ1n) is 7.22. The summed E-state index contributed by atoms with van der Waals surface area (Å²) in [5.41, 5.74) is 5.83. The quantitative estimate of drug-likeness (QED) is 0.516. The number of hydrogen-bond acceptors (Lipinski definition) is 4. The molecule has 0 saturated heterocycles. The third-order valence-electron chi connectivity index (χ3n) is 3.16. The molecule has 0 aromatic heterocycles. The summed E-state index contributed by atoms with van der Waals surface area (Å²) in [6, 6.07) is 10.4. The van der Waals surface area contributed by atoms with Gasteiger partial charge in [0.25, 0.3) is 11.8 Å². The Labute approximate surface area is 163 Å². The van der Waals surface area contributed by atoms with Gasteiger partial charge < -0.3 is 9.47 Å². The molecule has 0 aliphatic rings. The summed E-state index contributed by atoms with van der Waals surface area (Å²) in [4.78, 5) is 24.0. The predicted molar refractivity (Wildman–Crippen MR) is 103 cm³/mol. The van der Waals surface area contributed by atoms with E-state index in [1.54, 1.807) is 12.1 Å². The fourth-order valence-electron chi connectivity index (χ4n) is 1.96. The van der Waals surface area contributed by atoms with Crippen LogP contribution in [0.1, 0.15) is 15.9 Å². The van der Waals surface area contributed by atoms with Crippen molar-refractivity contribution in [1.29, 1.82) is 0 Å². The molecular formula is C17H16ClIN2O4. The van der Waals surface area contributed by atoms with Gasteiger partial charge in [-0.05, 0) is 59.3 Å². The fraction of sp³-hybridized carbons (Fsp3) is 0.176. The van der Waals surface area contributed by atoms with E-state index in [2.05, 4.69) is 10.9 Å².